The Labute approximate surface area is 164 Å². The molecule has 1 rings (SSSR count). The van der Waals surface area contributed by atoms with Crippen LogP contribution in [0.25, 0.3) is 0 Å². The van der Waals surface area contributed by atoms with Crippen LogP contribution in [-0.4, -0.2) is 54.0 Å². The summed E-state index contributed by atoms with van der Waals surface area (Å²) in [5.74, 6) is -2.53. The van der Waals surface area contributed by atoms with Gasteiger partial charge in [0.1, 0.15) is 11.4 Å². The second kappa shape index (κ2) is 11.7. The van der Waals surface area contributed by atoms with Crippen molar-refractivity contribution >= 4 is 23.8 Å². The Kier molecular flexibility index (Phi) is 9.63. The van der Waals surface area contributed by atoms with E-state index in [0.29, 0.717) is 13.1 Å². The zero-order valence-electron chi connectivity index (χ0n) is 16.6. The molecule has 2 unspecified atom stereocenters. The van der Waals surface area contributed by atoms with Gasteiger partial charge in [0, 0.05) is 13.1 Å². The van der Waals surface area contributed by atoms with E-state index in [1.54, 1.807) is 0 Å². The Hall–Kier alpha value is -2.97. The molecule has 9 nitrogen and oxygen atoms in total. The van der Waals surface area contributed by atoms with Crippen molar-refractivity contribution in [2.75, 3.05) is 13.1 Å². The standard InChI is InChI=1S/C19H27N3O6/c1-5-10-20-16(23)12(3)27-18(25)14-8-7-9-15(22-14)19(26)28-13(4)17(24)21-11-6-2/h7-9,12-13H,5-6,10-11H2,1-4H3,(H,20,23)(H,21,24). The summed E-state index contributed by atoms with van der Waals surface area (Å²) in [6.07, 6.45) is -0.488. The molecule has 2 N–H and O–H groups in total. The maximum atomic E-state index is 12.2. The van der Waals surface area contributed by atoms with Gasteiger partial charge in [-0.3, -0.25) is 9.59 Å². The van der Waals surface area contributed by atoms with Gasteiger partial charge in [0.05, 0.1) is 0 Å². The first-order valence-electron chi connectivity index (χ1n) is 9.24. The van der Waals surface area contributed by atoms with Gasteiger partial charge in [0.2, 0.25) is 0 Å². The molecule has 0 saturated carbocycles. The molecule has 0 aliphatic rings. The average molecular weight is 393 g/mol. The predicted molar refractivity (Wildman–Crippen MR) is 101 cm³/mol. The number of hydrogen-bond acceptors (Lipinski definition) is 7. The van der Waals surface area contributed by atoms with Crippen LogP contribution in [0, 0.1) is 0 Å². The van der Waals surface area contributed by atoms with Crippen molar-refractivity contribution in [2.24, 2.45) is 0 Å². The number of nitrogens with zero attached hydrogens (tertiary/aromatic N) is 1. The summed E-state index contributed by atoms with van der Waals surface area (Å²) >= 11 is 0. The molecule has 0 aliphatic carbocycles. The smallest absolute Gasteiger partial charge is 0.357 e. The first-order valence-corrected chi connectivity index (χ1v) is 9.24. The summed E-state index contributed by atoms with van der Waals surface area (Å²) < 4.78 is 10.1. The van der Waals surface area contributed by atoms with Gasteiger partial charge in [0.15, 0.2) is 12.2 Å². The minimum atomic E-state index is -1.00. The molecule has 0 aliphatic heterocycles. The van der Waals surface area contributed by atoms with Crippen LogP contribution in [0.4, 0.5) is 0 Å². The Bertz CT molecular complexity index is 651. The molecule has 0 bridgehead atoms. The van der Waals surface area contributed by atoms with Gasteiger partial charge in [-0.05, 0) is 38.8 Å². The number of carbonyl (C=O) groups is 4. The number of hydrogen-bond donors (Lipinski definition) is 2. The van der Waals surface area contributed by atoms with Crippen molar-refractivity contribution in [1.29, 1.82) is 0 Å². The predicted octanol–water partition coefficient (Wildman–Crippen LogP) is 1.22. The molecule has 2 atom stereocenters. The van der Waals surface area contributed by atoms with Crippen molar-refractivity contribution in [3.63, 3.8) is 0 Å². The SMILES string of the molecule is CCCNC(=O)C(C)OC(=O)c1cccc(C(=O)OC(C)C(=O)NCCC)n1. The molecule has 154 valence electrons. The quantitative estimate of drug-likeness (QED) is 0.573. The molecule has 0 radical (unpaired) electrons. The number of nitrogens with one attached hydrogen (secondary N) is 2. The highest BCUT2D eigenvalue weighted by atomic mass is 16.6. The summed E-state index contributed by atoms with van der Waals surface area (Å²) in [5, 5.41) is 5.23. The van der Waals surface area contributed by atoms with Gasteiger partial charge in [-0.25, -0.2) is 14.6 Å². The second-order valence-electron chi connectivity index (χ2n) is 6.09. The molecule has 2 amide bonds. The Morgan fingerprint density at radius 1 is 0.857 bits per heavy atom. The van der Waals surface area contributed by atoms with E-state index in [-0.39, 0.29) is 11.4 Å². The van der Waals surface area contributed by atoms with Gasteiger partial charge >= 0.3 is 11.9 Å². The lowest BCUT2D eigenvalue weighted by Crippen LogP contribution is -2.36. The maximum absolute atomic E-state index is 12.2. The van der Waals surface area contributed by atoms with Crippen LogP contribution in [0.1, 0.15) is 61.5 Å². The van der Waals surface area contributed by atoms with E-state index < -0.39 is 36.0 Å². The first-order chi connectivity index (χ1) is 13.3. The van der Waals surface area contributed by atoms with E-state index in [2.05, 4.69) is 15.6 Å². The van der Waals surface area contributed by atoms with E-state index >= 15 is 0 Å². The maximum Gasteiger partial charge on any atom is 0.357 e. The summed E-state index contributed by atoms with van der Waals surface area (Å²) in [4.78, 5) is 51.8. The average Bonchev–Trinajstić information content (AvgIpc) is 2.69. The zero-order valence-corrected chi connectivity index (χ0v) is 16.6. The van der Waals surface area contributed by atoms with E-state index in [1.807, 2.05) is 13.8 Å². The third-order valence-corrected chi connectivity index (χ3v) is 3.57. The fourth-order valence-corrected chi connectivity index (χ4v) is 1.99. The van der Waals surface area contributed by atoms with Crippen LogP contribution in [0.5, 0.6) is 0 Å². The number of carbonyl (C=O) groups excluding carboxylic acids is 4. The van der Waals surface area contributed by atoms with Crippen LogP contribution in [-0.2, 0) is 19.1 Å². The van der Waals surface area contributed by atoms with Crippen LogP contribution in [0.2, 0.25) is 0 Å². The van der Waals surface area contributed by atoms with Crippen molar-refractivity contribution in [3.8, 4) is 0 Å². The number of amides is 2. The fourth-order valence-electron chi connectivity index (χ4n) is 1.99. The Morgan fingerprint density at radius 2 is 1.25 bits per heavy atom. The van der Waals surface area contributed by atoms with E-state index in [1.165, 1.54) is 32.0 Å². The lowest BCUT2D eigenvalue weighted by molar-refractivity contribution is -0.129. The van der Waals surface area contributed by atoms with Gasteiger partial charge < -0.3 is 20.1 Å². The Balaban J connectivity index is 2.72. The van der Waals surface area contributed by atoms with Crippen molar-refractivity contribution < 1.29 is 28.7 Å². The summed E-state index contributed by atoms with van der Waals surface area (Å²) in [6, 6.07) is 4.14. The van der Waals surface area contributed by atoms with E-state index in [4.69, 9.17) is 9.47 Å². The summed E-state index contributed by atoms with van der Waals surface area (Å²) in [6.45, 7) is 7.64. The van der Waals surface area contributed by atoms with Crippen LogP contribution < -0.4 is 10.6 Å². The number of ether oxygens (including phenoxy) is 2. The molecule has 28 heavy (non-hydrogen) atoms. The molecule has 1 aromatic rings. The highest BCUT2D eigenvalue weighted by Gasteiger charge is 2.22. The molecule has 1 aromatic heterocycles. The minimum absolute atomic E-state index is 0.146. The molecule has 0 aromatic carbocycles. The summed E-state index contributed by atoms with van der Waals surface area (Å²) in [7, 11) is 0. The molecule has 0 fully saturated rings. The summed E-state index contributed by atoms with van der Waals surface area (Å²) in [5.41, 5.74) is -0.291. The lowest BCUT2D eigenvalue weighted by Gasteiger charge is -2.14. The third-order valence-electron chi connectivity index (χ3n) is 3.57. The normalized spacial score (nSPS) is 12.4. The van der Waals surface area contributed by atoms with Crippen LogP contribution in [0.15, 0.2) is 18.2 Å². The lowest BCUT2D eigenvalue weighted by atomic mass is 10.3. The number of esters is 2. The zero-order chi connectivity index (χ0) is 21.1. The molecule has 0 saturated heterocycles. The Morgan fingerprint density at radius 3 is 1.61 bits per heavy atom. The van der Waals surface area contributed by atoms with Crippen molar-refractivity contribution in [3.05, 3.63) is 29.6 Å². The highest BCUT2D eigenvalue weighted by molar-refractivity contribution is 5.94. The van der Waals surface area contributed by atoms with E-state index in [0.717, 1.165) is 12.8 Å². The number of pyridine rings is 1. The van der Waals surface area contributed by atoms with Gasteiger partial charge in [0.25, 0.3) is 11.8 Å². The van der Waals surface area contributed by atoms with Gasteiger partial charge in [-0.1, -0.05) is 19.9 Å². The van der Waals surface area contributed by atoms with Crippen LogP contribution in [0.3, 0.4) is 0 Å². The topological polar surface area (TPSA) is 124 Å². The molecular formula is C19H27N3O6. The van der Waals surface area contributed by atoms with Gasteiger partial charge in [-0.2, -0.15) is 0 Å². The van der Waals surface area contributed by atoms with Gasteiger partial charge in [-0.15, -0.1) is 0 Å². The number of aromatic nitrogens is 1. The van der Waals surface area contributed by atoms with E-state index in [9.17, 15) is 19.2 Å². The number of rotatable bonds is 10. The highest BCUT2D eigenvalue weighted by Crippen LogP contribution is 2.07. The second-order valence-corrected chi connectivity index (χ2v) is 6.09. The van der Waals surface area contributed by atoms with Crippen molar-refractivity contribution in [1.82, 2.24) is 15.6 Å². The minimum Gasteiger partial charge on any atom is -0.448 e. The van der Waals surface area contributed by atoms with Crippen molar-refractivity contribution in [2.45, 2.75) is 52.7 Å². The largest absolute Gasteiger partial charge is 0.448 e. The molecule has 1 heterocycles. The molecule has 0 spiro atoms. The monoisotopic (exact) mass is 393 g/mol. The first kappa shape index (κ1) is 23.1. The fraction of sp³-hybridized carbons (Fsp3) is 0.526. The molecule has 9 heteroatoms. The van der Waals surface area contributed by atoms with Crippen LogP contribution >= 0.6 is 0 Å². The third kappa shape index (κ3) is 7.34. The molecular weight excluding hydrogens is 366 g/mol.